The van der Waals surface area contributed by atoms with E-state index < -0.39 is 0 Å². The molecule has 6 heteroatoms. The Balaban J connectivity index is 2.65. The Labute approximate surface area is 90.8 Å². The molecular weight excluding hydrogens is 214 g/mol. The number of rotatable bonds is 3. The third-order valence-electron chi connectivity index (χ3n) is 1.97. The number of nitrogens with zero attached hydrogens (tertiary/aromatic N) is 1. The second-order valence-corrected chi connectivity index (χ2v) is 3.57. The van der Waals surface area contributed by atoms with Crippen LogP contribution in [0.15, 0.2) is 29.4 Å². The molecule has 3 N–H and O–H groups in total. The predicted molar refractivity (Wildman–Crippen MR) is 56.0 cm³/mol. The molecule has 2 aromatic rings. The van der Waals surface area contributed by atoms with Crippen LogP contribution in [0.2, 0.25) is 0 Å². The van der Waals surface area contributed by atoms with Crippen LogP contribution in [0.1, 0.15) is 0 Å². The van der Waals surface area contributed by atoms with Crippen molar-refractivity contribution < 1.29 is 14.0 Å². The van der Waals surface area contributed by atoms with E-state index in [2.05, 4.69) is 14.3 Å². The summed E-state index contributed by atoms with van der Waals surface area (Å²) in [5.41, 5.74) is 0.795. The standard InChI is InChI=1S/C9H9N3O2S/c1-13-9-6-3-2-4-7(15-14-10)8(6)11-5-12-9/h2-5H,10H2,1H3/p+1. The zero-order chi connectivity index (χ0) is 10.7. The molecule has 0 radical (unpaired) electrons. The third kappa shape index (κ3) is 1.87. The maximum Gasteiger partial charge on any atom is 0.293 e. The second kappa shape index (κ2) is 4.43. The van der Waals surface area contributed by atoms with Gasteiger partial charge in [0.1, 0.15) is 5.39 Å². The van der Waals surface area contributed by atoms with Crippen molar-refractivity contribution in [3.8, 4) is 5.88 Å². The monoisotopic (exact) mass is 224 g/mol. The van der Waals surface area contributed by atoms with Gasteiger partial charge in [-0.2, -0.15) is 0 Å². The lowest BCUT2D eigenvalue weighted by molar-refractivity contribution is -0.394. The van der Waals surface area contributed by atoms with Gasteiger partial charge in [-0.3, -0.25) is 0 Å². The molecule has 0 saturated heterocycles. The van der Waals surface area contributed by atoms with Crippen LogP contribution in [0, 0.1) is 0 Å². The molecule has 0 amide bonds. The molecular formula is C9H10N3O2S+. The number of nitrogens with one attached hydrogen (secondary N) is 1. The van der Waals surface area contributed by atoms with Gasteiger partial charge >= 0.3 is 0 Å². The van der Waals surface area contributed by atoms with E-state index >= 15 is 0 Å². The average molecular weight is 224 g/mol. The molecule has 15 heavy (non-hydrogen) atoms. The first-order valence-electron chi connectivity index (χ1n) is 4.23. The number of methoxy groups -OCH3 is 1. The van der Waals surface area contributed by atoms with Crippen molar-refractivity contribution in [1.29, 1.82) is 0 Å². The van der Waals surface area contributed by atoms with Gasteiger partial charge in [0.05, 0.1) is 24.0 Å². The average Bonchev–Trinajstić information content (AvgIpc) is 2.29. The van der Waals surface area contributed by atoms with Crippen LogP contribution < -0.4 is 15.6 Å². The molecule has 0 bridgehead atoms. The van der Waals surface area contributed by atoms with Crippen molar-refractivity contribution in [3.63, 3.8) is 0 Å². The number of aromatic nitrogens is 2. The van der Waals surface area contributed by atoms with E-state index in [1.807, 2.05) is 18.2 Å². The fourth-order valence-corrected chi connectivity index (χ4v) is 1.84. The summed E-state index contributed by atoms with van der Waals surface area (Å²) in [6, 6.07) is 5.69. The van der Waals surface area contributed by atoms with E-state index in [0.29, 0.717) is 5.88 Å². The number of hydrogen-bond donors (Lipinski definition) is 1. The lowest BCUT2D eigenvalue weighted by Gasteiger charge is -2.00. The van der Waals surface area contributed by atoms with Crippen LogP contribution in [-0.2, 0) is 4.28 Å². The summed E-state index contributed by atoms with van der Waals surface area (Å²) < 4.78 is 9.72. The summed E-state index contributed by atoms with van der Waals surface area (Å²) in [5.74, 6) is 5.68. The van der Waals surface area contributed by atoms with Gasteiger partial charge in [0.15, 0.2) is 0 Å². The third-order valence-corrected chi connectivity index (χ3v) is 2.58. The van der Waals surface area contributed by atoms with Crippen LogP contribution in [-0.4, -0.2) is 12.1 Å². The summed E-state index contributed by atoms with van der Waals surface area (Å²) in [6.07, 6.45) is 1.57. The Hall–Kier alpha value is -1.37. The zero-order valence-corrected chi connectivity index (χ0v) is 8.88. The van der Waals surface area contributed by atoms with E-state index in [1.54, 1.807) is 13.4 Å². The normalized spacial score (nSPS) is 10.5. The Morgan fingerprint density at radius 1 is 1.47 bits per heavy atom. The molecule has 78 valence electrons. The van der Waals surface area contributed by atoms with E-state index in [9.17, 15) is 0 Å². The Morgan fingerprint density at radius 3 is 3.07 bits per heavy atom. The first-order chi connectivity index (χ1) is 7.36. The molecule has 0 unspecified atom stereocenters. The highest BCUT2D eigenvalue weighted by Crippen LogP contribution is 2.28. The number of fused-ring (bicyclic) bond motifs is 1. The molecule has 0 saturated carbocycles. The van der Waals surface area contributed by atoms with Crippen molar-refractivity contribution in [2.24, 2.45) is 5.90 Å². The molecule has 0 aliphatic carbocycles. The lowest BCUT2D eigenvalue weighted by atomic mass is 10.2. The van der Waals surface area contributed by atoms with Gasteiger partial charge in [-0.1, -0.05) is 6.07 Å². The second-order valence-electron chi connectivity index (χ2n) is 2.77. The van der Waals surface area contributed by atoms with E-state index in [-0.39, 0.29) is 0 Å². The summed E-state index contributed by atoms with van der Waals surface area (Å²) in [4.78, 5) is 7.98. The number of ether oxygens (including phenoxy) is 1. The molecule has 0 spiro atoms. The summed E-state index contributed by atoms with van der Waals surface area (Å²) in [7, 11) is 1.60. The number of nitrogens with two attached hydrogens (primary N) is 1. The van der Waals surface area contributed by atoms with Crippen LogP contribution in [0.4, 0.5) is 0 Å². The van der Waals surface area contributed by atoms with Crippen molar-refractivity contribution in [2.75, 3.05) is 7.11 Å². The first-order valence-corrected chi connectivity index (χ1v) is 4.97. The van der Waals surface area contributed by atoms with Gasteiger partial charge in [0, 0.05) is 0 Å². The predicted octanol–water partition coefficient (Wildman–Crippen LogP) is 0.955. The maximum atomic E-state index is 5.18. The van der Waals surface area contributed by atoms with Gasteiger partial charge in [0.2, 0.25) is 5.52 Å². The number of benzene rings is 1. The molecule has 1 heterocycles. The highest BCUT2D eigenvalue weighted by Gasteiger charge is 2.13. The number of hydrogen-bond acceptors (Lipinski definition) is 5. The summed E-state index contributed by atoms with van der Waals surface area (Å²) >= 11 is 1.07. The van der Waals surface area contributed by atoms with Crippen molar-refractivity contribution in [1.82, 2.24) is 4.98 Å². The van der Waals surface area contributed by atoms with Crippen LogP contribution in [0.25, 0.3) is 10.9 Å². The van der Waals surface area contributed by atoms with Gasteiger partial charge < -0.3 is 4.74 Å². The molecule has 0 fully saturated rings. The fourth-order valence-electron chi connectivity index (χ4n) is 1.36. The highest BCUT2D eigenvalue weighted by molar-refractivity contribution is 7.94. The summed E-state index contributed by atoms with van der Waals surface area (Å²) in [6.45, 7) is 0. The fraction of sp³-hybridized carbons (Fsp3) is 0.111. The Morgan fingerprint density at radius 2 is 2.33 bits per heavy atom. The number of aromatic amines is 1. The lowest BCUT2D eigenvalue weighted by Crippen LogP contribution is -2.08. The largest absolute Gasteiger partial charge is 0.465 e. The zero-order valence-electron chi connectivity index (χ0n) is 8.06. The molecule has 1 aromatic heterocycles. The minimum Gasteiger partial charge on any atom is -0.465 e. The van der Waals surface area contributed by atoms with E-state index in [4.69, 9.17) is 10.6 Å². The minimum absolute atomic E-state index is 0.666. The van der Waals surface area contributed by atoms with Gasteiger partial charge in [-0.25, -0.2) is 15.2 Å². The molecule has 0 atom stereocenters. The molecule has 1 aromatic carbocycles. The smallest absolute Gasteiger partial charge is 0.293 e. The van der Waals surface area contributed by atoms with E-state index in [1.165, 1.54) is 0 Å². The van der Waals surface area contributed by atoms with Gasteiger partial charge in [0.25, 0.3) is 12.2 Å². The van der Waals surface area contributed by atoms with Gasteiger partial charge in [-0.05, 0) is 17.1 Å². The number of H-pyrrole nitrogens is 1. The maximum absolute atomic E-state index is 5.18. The SMILES string of the molecule is COc1[nH+]cnc2c(SON)cccc12. The molecule has 2 rings (SSSR count). The van der Waals surface area contributed by atoms with Gasteiger partial charge in [-0.15, -0.1) is 0 Å². The Bertz CT molecular complexity index is 478. The van der Waals surface area contributed by atoms with Crippen LogP contribution in [0.3, 0.4) is 0 Å². The number of para-hydroxylation sites is 1. The molecule has 5 nitrogen and oxygen atoms in total. The Kier molecular flexibility index (Phi) is 3.00. The van der Waals surface area contributed by atoms with Crippen molar-refractivity contribution in [2.45, 2.75) is 4.90 Å². The first kappa shape index (κ1) is 10.2. The van der Waals surface area contributed by atoms with Crippen molar-refractivity contribution in [3.05, 3.63) is 24.5 Å². The molecule has 0 aliphatic rings. The van der Waals surface area contributed by atoms with E-state index in [0.717, 1.165) is 27.8 Å². The highest BCUT2D eigenvalue weighted by atomic mass is 32.2. The minimum atomic E-state index is 0.666. The van der Waals surface area contributed by atoms with Crippen molar-refractivity contribution >= 4 is 22.9 Å². The molecule has 0 aliphatic heterocycles. The van der Waals surface area contributed by atoms with Crippen LogP contribution in [0.5, 0.6) is 5.88 Å². The summed E-state index contributed by atoms with van der Waals surface area (Å²) in [5, 5.41) is 0.891. The van der Waals surface area contributed by atoms with Crippen LogP contribution >= 0.6 is 12.0 Å². The quantitative estimate of drug-likeness (QED) is 0.621. The topological polar surface area (TPSA) is 71.5 Å².